The summed E-state index contributed by atoms with van der Waals surface area (Å²) in [6.45, 7) is 17.1. The van der Waals surface area contributed by atoms with Crippen molar-refractivity contribution in [3.8, 4) is 11.3 Å². The van der Waals surface area contributed by atoms with Crippen LogP contribution in [0.15, 0.2) is 79.4 Å². The fourth-order valence-electron chi connectivity index (χ4n) is 3.94. The van der Waals surface area contributed by atoms with Crippen LogP contribution in [0.1, 0.15) is 75.8 Å². The lowest BCUT2D eigenvalue weighted by atomic mass is 9.84. The Labute approximate surface area is 235 Å². The van der Waals surface area contributed by atoms with Crippen LogP contribution >= 0.6 is 0 Å². The molecule has 40 heavy (non-hydrogen) atoms. The van der Waals surface area contributed by atoms with Crippen LogP contribution in [0.2, 0.25) is 0 Å². The number of halogens is 5. The van der Waals surface area contributed by atoms with Gasteiger partial charge in [-0.15, -0.1) is 0 Å². The fourth-order valence-corrected chi connectivity index (χ4v) is 3.94. The summed E-state index contributed by atoms with van der Waals surface area (Å²) in [6.07, 6.45) is -0.908. The molecule has 0 saturated heterocycles. The lowest BCUT2D eigenvalue weighted by Crippen LogP contribution is -2.12. The highest BCUT2D eigenvalue weighted by atomic mass is 19.3. The summed E-state index contributed by atoms with van der Waals surface area (Å²) < 4.78 is 62.9. The first-order chi connectivity index (χ1) is 18.8. The van der Waals surface area contributed by atoms with Crippen LogP contribution in [0.4, 0.5) is 22.0 Å². The van der Waals surface area contributed by atoms with E-state index >= 15 is 0 Å². The van der Waals surface area contributed by atoms with Crippen LogP contribution in [0.3, 0.4) is 0 Å². The maximum Gasteiger partial charge on any atom is 0.270 e. The maximum atomic E-state index is 13.6. The number of hydrogen-bond donors (Lipinski definition) is 0. The summed E-state index contributed by atoms with van der Waals surface area (Å²) in [5.41, 5.74) is 4.34. The SMILES string of the molecule is C=Cc1ccccc1C(C)(C)C.CC.CF.Cc1ccc2nc(-c3cc(C(F)F)cc(C(C)(F)F)c3)ccc2c1. The zero-order valence-corrected chi connectivity index (χ0v) is 24.6. The average Bonchev–Trinajstić information content (AvgIpc) is 2.94. The Hall–Kier alpha value is -3.54. The monoisotopic (exact) mass is 557 g/mol. The van der Waals surface area contributed by atoms with Crippen LogP contribution in [0.25, 0.3) is 28.2 Å². The van der Waals surface area contributed by atoms with E-state index in [-0.39, 0.29) is 11.0 Å². The number of alkyl halides is 5. The fraction of sp³-hybridized carbons (Fsp3) is 0.324. The van der Waals surface area contributed by atoms with Crippen molar-refractivity contribution >= 4 is 17.0 Å². The van der Waals surface area contributed by atoms with Crippen LogP contribution in [0, 0.1) is 6.92 Å². The number of nitrogens with zero attached hydrogens (tertiary/aromatic N) is 1. The summed E-state index contributed by atoms with van der Waals surface area (Å²) in [4.78, 5) is 4.42. The first kappa shape index (κ1) is 34.5. The summed E-state index contributed by atoms with van der Waals surface area (Å²) in [5.74, 6) is -3.20. The van der Waals surface area contributed by atoms with Crippen molar-refractivity contribution in [2.24, 2.45) is 0 Å². The largest absolute Gasteiger partial charge is 0.270 e. The topological polar surface area (TPSA) is 12.9 Å². The Morgan fingerprint density at radius 2 is 1.45 bits per heavy atom. The van der Waals surface area contributed by atoms with Crippen LogP contribution in [0.5, 0.6) is 0 Å². The lowest BCUT2D eigenvalue weighted by Gasteiger charge is -2.21. The molecular weight excluding hydrogens is 517 g/mol. The molecule has 0 aliphatic heterocycles. The first-order valence-electron chi connectivity index (χ1n) is 13.1. The lowest BCUT2D eigenvalue weighted by molar-refractivity contribution is 0.0172. The number of hydrogen-bond acceptors (Lipinski definition) is 1. The second-order valence-corrected chi connectivity index (χ2v) is 9.97. The van der Waals surface area contributed by atoms with E-state index in [0.717, 1.165) is 17.0 Å². The molecule has 0 aliphatic rings. The van der Waals surface area contributed by atoms with Crippen molar-refractivity contribution < 1.29 is 22.0 Å². The molecular formula is C34H40F5N. The van der Waals surface area contributed by atoms with Crippen LogP contribution in [-0.2, 0) is 11.3 Å². The van der Waals surface area contributed by atoms with Crippen molar-refractivity contribution in [2.45, 2.75) is 66.2 Å². The van der Waals surface area contributed by atoms with E-state index in [1.807, 2.05) is 57.2 Å². The number of aryl methyl sites for hydroxylation is 1. The second kappa shape index (κ2) is 15.3. The van der Waals surface area contributed by atoms with Gasteiger partial charge in [-0.25, -0.2) is 22.5 Å². The second-order valence-electron chi connectivity index (χ2n) is 9.97. The van der Waals surface area contributed by atoms with E-state index in [1.165, 1.54) is 23.3 Å². The van der Waals surface area contributed by atoms with Crippen molar-refractivity contribution in [1.29, 1.82) is 0 Å². The van der Waals surface area contributed by atoms with E-state index in [0.29, 0.717) is 25.3 Å². The number of rotatable bonds is 4. The summed E-state index contributed by atoms with van der Waals surface area (Å²) in [5, 5.41) is 0.907. The standard InChI is InChI=1S/C19H15F4N.C12H16.C2H6.CH3F/c1-11-3-5-16-12(7-11)4-6-17(24-16)13-8-14(18(20)21)10-15(9-13)19(2,22)23;1-5-10-8-6-7-9-11(10)12(2,3)4;2*1-2/h3-10,18H,1-2H3;5-9H,1H2,2-4H3;1-2H3;1H3. The zero-order valence-electron chi connectivity index (χ0n) is 24.6. The predicted octanol–water partition coefficient (Wildman–Crippen LogP) is 11.5. The van der Waals surface area contributed by atoms with E-state index in [1.54, 1.807) is 6.07 Å². The van der Waals surface area contributed by atoms with Gasteiger partial charge in [0.1, 0.15) is 0 Å². The Morgan fingerprint density at radius 1 is 0.825 bits per heavy atom. The number of fused-ring (bicyclic) bond motifs is 1. The third kappa shape index (κ3) is 9.58. The molecule has 0 atom stereocenters. The minimum atomic E-state index is -3.20. The van der Waals surface area contributed by atoms with Gasteiger partial charge >= 0.3 is 0 Å². The highest BCUT2D eigenvalue weighted by Crippen LogP contribution is 2.34. The Morgan fingerprint density at radius 3 is 1.98 bits per heavy atom. The van der Waals surface area contributed by atoms with Crippen molar-refractivity contribution in [3.63, 3.8) is 0 Å². The van der Waals surface area contributed by atoms with Gasteiger partial charge < -0.3 is 0 Å². The molecule has 1 nitrogen and oxygen atoms in total. The summed E-state index contributed by atoms with van der Waals surface area (Å²) in [6, 6.07) is 20.8. The van der Waals surface area contributed by atoms with Gasteiger partial charge in [0.25, 0.3) is 12.3 Å². The number of pyridine rings is 1. The number of aromatic nitrogens is 1. The average molecular weight is 558 g/mol. The van der Waals surface area contributed by atoms with Gasteiger partial charge in [-0.1, -0.05) is 89.2 Å². The molecule has 0 aliphatic carbocycles. The van der Waals surface area contributed by atoms with Gasteiger partial charge in [-0.3, -0.25) is 4.39 Å². The van der Waals surface area contributed by atoms with Crippen LogP contribution in [-0.4, -0.2) is 12.2 Å². The molecule has 0 radical (unpaired) electrons. The maximum absolute atomic E-state index is 13.6. The van der Waals surface area contributed by atoms with Gasteiger partial charge in [-0.05, 0) is 59.9 Å². The van der Waals surface area contributed by atoms with Gasteiger partial charge in [0.05, 0.1) is 18.4 Å². The van der Waals surface area contributed by atoms with E-state index in [4.69, 9.17) is 0 Å². The van der Waals surface area contributed by atoms with E-state index in [9.17, 15) is 22.0 Å². The zero-order chi connectivity index (χ0) is 30.7. The summed E-state index contributed by atoms with van der Waals surface area (Å²) in [7, 11) is 0.500. The first-order valence-corrected chi connectivity index (χ1v) is 13.1. The van der Waals surface area contributed by atoms with Crippen LogP contribution < -0.4 is 0 Å². The third-order valence-electron chi connectivity index (χ3n) is 5.84. The smallest absolute Gasteiger partial charge is 0.255 e. The molecule has 1 aromatic heterocycles. The Balaban J connectivity index is 0.000000421. The number of benzene rings is 3. The molecule has 0 spiro atoms. The van der Waals surface area contributed by atoms with Gasteiger partial charge in [0, 0.05) is 29.0 Å². The van der Waals surface area contributed by atoms with Crippen molar-refractivity contribution in [2.75, 3.05) is 7.18 Å². The predicted molar refractivity (Wildman–Crippen MR) is 160 cm³/mol. The molecule has 0 bridgehead atoms. The Kier molecular flexibility index (Phi) is 13.2. The third-order valence-corrected chi connectivity index (χ3v) is 5.84. The van der Waals surface area contributed by atoms with E-state index < -0.39 is 23.5 Å². The van der Waals surface area contributed by atoms with Gasteiger partial charge in [0.2, 0.25) is 0 Å². The quantitative estimate of drug-likeness (QED) is 0.227. The highest BCUT2D eigenvalue weighted by molar-refractivity contribution is 5.82. The Bertz CT molecular complexity index is 1370. The molecule has 0 N–H and O–H groups in total. The van der Waals surface area contributed by atoms with Crippen molar-refractivity contribution in [3.05, 3.63) is 107 Å². The molecule has 0 unspecified atom stereocenters. The summed E-state index contributed by atoms with van der Waals surface area (Å²) >= 11 is 0. The molecule has 4 rings (SSSR count). The molecule has 1 heterocycles. The molecule has 0 fully saturated rings. The molecule has 3 aromatic carbocycles. The molecule has 6 heteroatoms. The van der Waals surface area contributed by atoms with Gasteiger partial charge in [-0.2, -0.15) is 0 Å². The molecule has 0 amide bonds. The van der Waals surface area contributed by atoms with Crippen molar-refractivity contribution in [1.82, 2.24) is 4.98 Å². The minimum absolute atomic E-state index is 0.213. The molecule has 216 valence electrons. The van der Waals surface area contributed by atoms with E-state index in [2.05, 4.69) is 50.5 Å². The molecule has 0 saturated carbocycles. The van der Waals surface area contributed by atoms with Gasteiger partial charge in [0.15, 0.2) is 0 Å². The highest BCUT2D eigenvalue weighted by Gasteiger charge is 2.27. The normalized spacial score (nSPS) is 10.9. The molecule has 4 aromatic rings. The minimum Gasteiger partial charge on any atom is -0.255 e.